The van der Waals surface area contributed by atoms with Gasteiger partial charge in [-0.3, -0.25) is 9.59 Å². The van der Waals surface area contributed by atoms with Crippen LogP contribution < -0.4 is 0 Å². The van der Waals surface area contributed by atoms with E-state index >= 15 is 0 Å². The number of rotatable bonds is 2. The summed E-state index contributed by atoms with van der Waals surface area (Å²) in [5.74, 6) is 2.36. The predicted molar refractivity (Wildman–Crippen MR) is 265 cm³/mol. The van der Waals surface area contributed by atoms with Crippen LogP contribution in [0.25, 0.3) is 0 Å². The molecule has 0 radical (unpaired) electrons. The van der Waals surface area contributed by atoms with Gasteiger partial charge in [0.25, 0.3) is 0 Å². The van der Waals surface area contributed by atoms with Crippen molar-refractivity contribution in [1.82, 2.24) is 0 Å². The first-order valence-electron chi connectivity index (χ1n) is 22.5. The summed E-state index contributed by atoms with van der Waals surface area (Å²) in [4.78, 5) is 21.6. The number of carbonyl (C=O) groups is 2. The molecule has 7 aliphatic rings. The first kappa shape index (κ1) is 55.4. The van der Waals surface area contributed by atoms with Crippen LogP contribution >= 0.6 is 33.6 Å². The fourth-order valence-corrected chi connectivity index (χ4v) is 8.38. The maximum absolute atomic E-state index is 10.9. The van der Waals surface area contributed by atoms with Crippen LogP contribution in [-0.4, -0.2) is 62.2 Å². The molecule has 2 spiro atoms. The molecule has 2 heterocycles. The van der Waals surface area contributed by atoms with Gasteiger partial charge in [-0.1, -0.05) is 145 Å². The van der Waals surface area contributed by atoms with Crippen LogP contribution in [0.15, 0.2) is 46.6 Å². The van der Waals surface area contributed by atoms with Crippen molar-refractivity contribution < 1.29 is 31.4 Å². The average Bonchev–Trinajstić information content (AvgIpc) is 3.94. The molecule has 0 aromatic rings. The number of ether oxygens (including phenoxy) is 4. The zero-order chi connectivity index (χ0) is 43.1. The molecule has 2 saturated heterocycles. The van der Waals surface area contributed by atoms with Crippen LogP contribution in [0.3, 0.4) is 0 Å². The lowest BCUT2D eigenvalue weighted by molar-refractivity contribution is -0.179. The summed E-state index contributed by atoms with van der Waals surface area (Å²) in [5.41, 5.74) is 6.30. The summed E-state index contributed by atoms with van der Waals surface area (Å²) in [6, 6.07) is 0. The molecule has 0 N–H and O–H groups in total. The maximum Gasteiger partial charge on any atom is 1.00 e. The minimum absolute atomic E-state index is 0. The third-order valence-electron chi connectivity index (χ3n) is 12.6. The van der Waals surface area contributed by atoms with Gasteiger partial charge in [0.05, 0.1) is 26.4 Å². The highest BCUT2D eigenvalue weighted by Crippen LogP contribution is 2.38. The van der Waals surface area contributed by atoms with Gasteiger partial charge in [0, 0.05) is 52.8 Å². The van der Waals surface area contributed by atoms with E-state index in [1.54, 1.807) is 16.7 Å². The van der Waals surface area contributed by atoms with Gasteiger partial charge in [0.1, 0.15) is 11.6 Å². The lowest BCUT2D eigenvalue weighted by atomic mass is 9.80. The van der Waals surface area contributed by atoms with Gasteiger partial charge >= 0.3 is 1.43 Å². The van der Waals surface area contributed by atoms with Crippen LogP contribution in [0.5, 0.6) is 0 Å². The summed E-state index contributed by atoms with van der Waals surface area (Å²) in [5, 5.41) is 0. The highest BCUT2D eigenvalue weighted by Gasteiger charge is 2.40. The molecule has 10 heteroatoms. The van der Waals surface area contributed by atoms with Crippen molar-refractivity contribution in [3.8, 4) is 0 Å². The zero-order valence-corrected chi connectivity index (χ0v) is 41.9. The van der Waals surface area contributed by atoms with E-state index in [0.717, 1.165) is 105 Å². The van der Waals surface area contributed by atoms with Crippen LogP contribution in [0.2, 0.25) is 0 Å². The molecule has 5 saturated carbocycles. The second-order valence-electron chi connectivity index (χ2n) is 16.1. The van der Waals surface area contributed by atoms with E-state index in [0.29, 0.717) is 37.6 Å². The predicted octanol–water partition coefficient (Wildman–Crippen LogP) is 14.9. The molecular formula is C48H87O6P4+. The summed E-state index contributed by atoms with van der Waals surface area (Å²) in [6.45, 7) is 16.1. The van der Waals surface area contributed by atoms with Crippen molar-refractivity contribution in [2.45, 2.75) is 194 Å². The van der Waals surface area contributed by atoms with Gasteiger partial charge in [-0.2, -0.15) is 0 Å². The minimum atomic E-state index is -0.367. The quantitative estimate of drug-likeness (QED) is 0.203. The molecule has 0 amide bonds. The van der Waals surface area contributed by atoms with Crippen LogP contribution in [-0.2, 0) is 28.5 Å². The van der Waals surface area contributed by atoms with Gasteiger partial charge in [-0.05, 0) is 90.9 Å². The Morgan fingerprint density at radius 1 is 0.534 bits per heavy atom. The third kappa shape index (κ3) is 23.5. The maximum atomic E-state index is 10.9. The fraction of sp³-hybridized carbons (Fsp3) is 0.750. The Morgan fingerprint density at radius 3 is 1.05 bits per heavy atom. The van der Waals surface area contributed by atoms with Crippen molar-refractivity contribution in [3.05, 3.63) is 46.6 Å². The van der Waals surface area contributed by atoms with E-state index in [4.69, 9.17) is 18.9 Å². The second kappa shape index (κ2) is 33.9. The zero-order valence-electron chi connectivity index (χ0n) is 38.8. The lowest BCUT2D eigenvalue weighted by Crippen LogP contribution is -2.35. The molecule has 5 aliphatic carbocycles. The normalized spacial score (nSPS) is 24.4. The Morgan fingerprint density at radius 2 is 0.776 bits per heavy atom. The molecule has 58 heavy (non-hydrogen) atoms. The van der Waals surface area contributed by atoms with Gasteiger partial charge in [0.2, 0.25) is 0 Å². The SMILES string of the molecule is C=PP.C=PP.CC=C1CCC(=CC)CC1.CC=C1CCC(=O)CC1.CC=C1CCC2(CC1)OCCO2.CCC1CCC(CC)CC1.O=C1CCC2(CC1)OCCO2.[H+].[HH]. The summed E-state index contributed by atoms with van der Waals surface area (Å²) < 4.78 is 22.2. The fourth-order valence-electron chi connectivity index (χ4n) is 8.38. The number of carbonyl (C=O) groups excluding carboxylic acids is 2. The van der Waals surface area contributed by atoms with E-state index < -0.39 is 0 Å². The summed E-state index contributed by atoms with van der Waals surface area (Å²) >= 11 is 0. The average molecular weight is 884 g/mol. The highest BCUT2D eigenvalue weighted by molar-refractivity contribution is 8.01. The standard InChI is InChI=1S/C10H16O2.C10H20.C10H16.C8H12O3.C8H12O.2CH4P2.H2/c1-2-9-3-5-10(6-4-9)11-7-8-12-10;2*1-3-9-5-7-10(4-2)8-6-9;9-7-1-3-8(4-2-7)10-5-6-11-8;1-2-7-3-5-8(9)6-4-7;2*1-3-2;/h2H,3-8H2,1H3;9-10H,3-8H2,1-2H3;3-4H,5-8H2,1-2H3;1-6H2;2H,3-6H2,1H3;2*1-2H2;1H/p+1. The molecule has 0 aromatic heterocycles. The van der Waals surface area contributed by atoms with Crippen molar-refractivity contribution in [1.29, 1.82) is 0 Å². The molecule has 6 nitrogen and oxygen atoms in total. The Kier molecular flexibility index (Phi) is 32.4. The van der Waals surface area contributed by atoms with Crippen molar-refractivity contribution in [3.63, 3.8) is 0 Å². The molecule has 0 aromatic carbocycles. The van der Waals surface area contributed by atoms with Crippen LogP contribution in [0.1, 0.15) is 186 Å². The lowest BCUT2D eigenvalue weighted by Gasteiger charge is -2.32. The molecule has 2 aliphatic heterocycles. The Balaban J connectivity index is 0. The van der Waals surface area contributed by atoms with E-state index in [2.05, 4.69) is 89.4 Å². The largest absolute Gasteiger partial charge is 1.00 e. The Bertz CT molecular complexity index is 1210. The van der Waals surface area contributed by atoms with E-state index in [1.807, 2.05) is 6.92 Å². The van der Waals surface area contributed by atoms with Gasteiger partial charge in [-0.15, -0.1) is 0 Å². The van der Waals surface area contributed by atoms with Gasteiger partial charge < -0.3 is 18.9 Å². The molecular weight excluding hydrogens is 796 g/mol. The summed E-state index contributed by atoms with van der Waals surface area (Å²) in [7, 11) is 7.05. The molecule has 7 rings (SSSR count). The molecule has 0 bridgehead atoms. The monoisotopic (exact) mass is 884 g/mol. The first-order chi connectivity index (χ1) is 28.0. The Labute approximate surface area is 367 Å². The van der Waals surface area contributed by atoms with Crippen molar-refractivity contribution in [2.75, 3.05) is 26.4 Å². The summed E-state index contributed by atoms with van der Waals surface area (Å²) in [6.07, 6.45) is 40.5. The number of allylic oxidation sites excluding steroid dienone is 8. The van der Waals surface area contributed by atoms with Gasteiger partial charge in [-0.25, -0.2) is 0 Å². The van der Waals surface area contributed by atoms with Crippen molar-refractivity contribution in [2.24, 2.45) is 11.8 Å². The Hall–Kier alpha value is -0.660. The van der Waals surface area contributed by atoms with E-state index in [1.165, 1.54) is 69.8 Å². The molecule has 2 unspecified atom stereocenters. The van der Waals surface area contributed by atoms with Gasteiger partial charge in [0.15, 0.2) is 11.6 Å². The van der Waals surface area contributed by atoms with E-state index in [9.17, 15) is 9.59 Å². The second-order valence-corrected chi connectivity index (χ2v) is 19.1. The number of Topliss-reactive ketones (excluding diaryl/α,β-unsaturated/α-hetero) is 2. The van der Waals surface area contributed by atoms with Crippen molar-refractivity contribution >= 4 is 57.8 Å². The smallest absolute Gasteiger partial charge is 0.348 e. The highest BCUT2D eigenvalue weighted by atomic mass is 32.0. The molecule has 7 fully saturated rings. The molecule has 334 valence electrons. The number of ketones is 2. The van der Waals surface area contributed by atoms with E-state index in [-0.39, 0.29) is 14.4 Å². The minimum Gasteiger partial charge on any atom is -0.348 e. The number of hydrogen-bond acceptors (Lipinski definition) is 6. The first-order valence-corrected chi connectivity index (χ1v) is 27.9. The van der Waals surface area contributed by atoms with Crippen LogP contribution in [0, 0.1) is 11.8 Å². The topological polar surface area (TPSA) is 71.1 Å². The third-order valence-corrected chi connectivity index (χ3v) is 12.6. The van der Waals surface area contributed by atoms with Crippen LogP contribution in [0.4, 0.5) is 0 Å². The molecule has 2 atom stereocenters. The number of hydrogen-bond donors (Lipinski definition) is 0.